The quantitative estimate of drug-likeness (QED) is 0.643. The smallest absolute Gasteiger partial charge is 0.165 e. The van der Waals surface area contributed by atoms with Gasteiger partial charge in [0.15, 0.2) is 11.6 Å². The zero-order valence-corrected chi connectivity index (χ0v) is 6.96. The second-order valence-corrected chi connectivity index (χ2v) is 2.81. The van der Waals surface area contributed by atoms with Crippen molar-refractivity contribution in [3.8, 4) is 0 Å². The van der Waals surface area contributed by atoms with Crippen LogP contribution in [-0.2, 0) is 6.67 Å². The highest BCUT2D eigenvalue weighted by Crippen LogP contribution is 2.22. The van der Waals surface area contributed by atoms with Crippen LogP contribution in [0.25, 0.3) is 0 Å². The van der Waals surface area contributed by atoms with E-state index in [4.69, 9.17) is 0 Å². The minimum Gasteiger partial charge on any atom is -0.246 e. The van der Waals surface area contributed by atoms with Crippen molar-refractivity contribution < 1.29 is 13.2 Å². The fraction of sp³-hybridized carbons (Fsp3) is 0.143. The average molecular weight is 225 g/mol. The summed E-state index contributed by atoms with van der Waals surface area (Å²) in [5, 5.41) is 0. The molecule has 0 atom stereocenters. The molecule has 0 aliphatic carbocycles. The molecule has 0 saturated carbocycles. The Labute approximate surface area is 70.2 Å². The minimum atomic E-state index is -1.12. The van der Waals surface area contributed by atoms with E-state index in [1.54, 1.807) is 0 Å². The molecular weight excluding hydrogens is 221 g/mol. The predicted molar refractivity (Wildman–Crippen MR) is 38.9 cm³/mol. The van der Waals surface area contributed by atoms with Gasteiger partial charge in [-0.05, 0) is 12.1 Å². The van der Waals surface area contributed by atoms with Crippen LogP contribution >= 0.6 is 15.9 Å². The third-order valence-electron chi connectivity index (χ3n) is 1.27. The molecule has 0 N–H and O–H groups in total. The van der Waals surface area contributed by atoms with E-state index in [0.717, 1.165) is 6.07 Å². The first-order valence-electron chi connectivity index (χ1n) is 2.85. The fourth-order valence-electron chi connectivity index (χ4n) is 0.692. The van der Waals surface area contributed by atoms with Crippen LogP contribution in [0.3, 0.4) is 0 Å². The maximum atomic E-state index is 12.6. The summed E-state index contributed by atoms with van der Waals surface area (Å²) in [6, 6.07) is 2.21. The van der Waals surface area contributed by atoms with Crippen molar-refractivity contribution in [2.45, 2.75) is 6.67 Å². The Morgan fingerprint density at radius 1 is 1.27 bits per heavy atom. The summed E-state index contributed by atoms with van der Waals surface area (Å²) in [4.78, 5) is 0. The zero-order valence-electron chi connectivity index (χ0n) is 5.37. The Morgan fingerprint density at radius 2 is 1.91 bits per heavy atom. The Bertz CT molecular complexity index is 273. The lowest BCUT2D eigenvalue weighted by atomic mass is 10.2. The zero-order chi connectivity index (χ0) is 8.43. The van der Waals surface area contributed by atoms with E-state index in [1.807, 2.05) is 0 Å². The third-order valence-corrected chi connectivity index (χ3v) is 2.02. The highest BCUT2D eigenvalue weighted by Gasteiger charge is 2.10. The van der Waals surface area contributed by atoms with Crippen LogP contribution in [-0.4, -0.2) is 0 Å². The average Bonchev–Trinajstić information content (AvgIpc) is 1.99. The van der Waals surface area contributed by atoms with Gasteiger partial charge in [-0.1, -0.05) is 15.9 Å². The molecule has 1 rings (SSSR count). The van der Waals surface area contributed by atoms with Gasteiger partial charge in [-0.15, -0.1) is 0 Å². The minimum absolute atomic E-state index is 0.249. The topological polar surface area (TPSA) is 0 Å². The van der Waals surface area contributed by atoms with Gasteiger partial charge >= 0.3 is 0 Å². The van der Waals surface area contributed by atoms with Crippen molar-refractivity contribution in [3.63, 3.8) is 0 Å². The number of halogens is 4. The highest BCUT2D eigenvalue weighted by atomic mass is 79.9. The van der Waals surface area contributed by atoms with Crippen LogP contribution in [0.2, 0.25) is 0 Å². The first kappa shape index (κ1) is 8.59. The Kier molecular flexibility index (Phi) is 2.54. The summed E-state index contributed by atoms with van der Waals surface area (Å²) >= 11 is 2.89. The maximum Gasteiger partial charge on any atom is 0.165 e. The standard InChI is InChI=1S/C7H4BrF3/c8-5-1-2-6(10)7(11)4(5)3-9/h1-2H,3H2. The van der Waals surface area contributed by atoms with Crippen LogP contribution in [0.5, 0.6) is 0 Å². The Morgan fingerprint density at radius 3 is 2.36 bits per heavy atom. The lowest BCUT2D eigenvalue weighted by Gasteiger charge is -2.00. The van der Waals surface area contributed by atoms with E-state index in [0.29, 0.717) is 0 Å². The largest absolute Gasteiger partial charge is 0.246 e. The van der Waals surface area contributed by atoms with E-state index in [-0.39, 0.29) is 10.0 Å². The fourth-order valence-corrected chi connectivity index (χ4v) is 1.10. The number of hydrogen-bond acceptors (Lipinski definition) is 0. The van der Waals surface area contributed by atoms with Crippen LogP contribution < -0.4 is 0 Å². The molecule has 0 fully saturated rings. The predicted octanol–water partition coefficient (Wildman–Crippen LogP) is 3.20. The van der Waals surface area contributed by atoms with Crippen molar-refractivity contribution in [1.82, 2.24) is 0 Å². The lowest BCUT2D eigenvalue weighted by Crippen LogP contribution is -1.92. The first-order chi connectivity index (χ1) is 5.16. The van der Waals surface area contributed by atoms with E-state index in [1.165, 1.54) is 6.07 Å². The van der Waals surface area contributed by atoms with E-state index >= 15 is 0 Å². The van der Waals surface area contributed by atoms with Crippen molar-refractivity contribution in [1.29, 1.82) is 0 Å². The second kappa shape index (κ2) is 3.26. The van der Waals surface area contributed by atoms with Crippen LogP contribution in [0.1, 0.15) is 5.56 Å². The van der Waals surface area contributed by atoms with Gasteiger partial charge in [-0.3, -0.25) is 0 Å². The third kappa shape index (κ3) is 1.56. The number of benzene rings is 1. The molecule has 0 unspecified atom stereocenters. The molecule has 60 valence electrons. The SMILES string of the molecule is FCc1c(Br)ccc(F)c1F. The van der Waals surface area contributed by atoms with E-state index in [9.17, 15) is 13.2 Å². The van der Waals surface area contributed by atoms with Gasteiger partial charge in [0.1, 0.15) is 6.67 Å². The van der Waals surface area contributed by atoms with Gasteiger partial charge < -0.3 is 0 Å². The molecule has 0 radical (unpaired) electrons. The second-order valence-electron chi connectivity index (χ2n) is 1.96. The molecule has 0 saturated heterocycles. The number of hydrogen-bond donors (Lipinski definition) is 0. The molecule has 11 heavy (non-hydrogen) atoms. The molecule has 1 aromatic rings. The summed E-state index contributed by atoms with van der Waals surface area (Å²) < 4.78 is 37.2. The Hall–Kier alpha value is -0.510. The normalized spacial score (nSPS) is 10.2. The van der Waals surface area contributed by atoms with Gasteiger partial charge in [0.2, 0.25) is 0 Å². The molecular formula is C7H4BrF3. The number of alkyl halides is 1. The van der Waals surface area contributed by atoms with Crippen molar-refractivity contribution in [2.75, 3.05) is 0 Å². The highest BCUT2D eigenvalue weighted by molar-refractivity contribution is 9.10. The molecule has 0 bridgehead atoms. The molecule has 0 aromatic heterocycles. The maximum absolute atomic E-state index is 12.6. The molecule has 0 nitrogen and oxygen atoms in total. The molecule has 1 aromatic carbocycles. The summed E-state index contributed by atoms with van der Waals surface area (Å²) in [6.07, 6.45) is 0. The van der Waals surface area contributed by atoms with Crippen LogP contribution in [0.4, 0.5) is 13.2 Å². The first-order valence-corrected chi connectivity index (χ1v) is 3.64. The summed E-state index contributed by atoms with van der Waals surface area (Å²) in [7, 11) is 0. The molecule has 0 heterocycles. The van der Waals surface area contributed by atoms with Gasteiger partial charge in [0, 0.05) is 10.0 Å². The Balaban J connectivity index is 3.29. The molecule has 4 heteroatoms. The molecule has 0 aliphatic rings. The summed E-state index contributed by atoms with van der Waals surface area (Å²) in [5.41, 5.74) is -0.273. The van der Waals surface area contributed by atoms with Gasteiger partial charge in [-0.25, -0.2) is 13.2 Å². The monoisotopic (exact) mass is 224 g/mol. The molecule has 0 amide bonds. The van der Waals surface area contributed by atoms with Crippen molar-refractivity contribution in [3.05, 3.63) is 33.8 Å². The molecule has 0 spiro atoms. The summed E-state index contributed by atoms with van der Waals surface area (Å²) in [5.74, 6) is -2.15. The van der Waals surface area contributed by atoms with Crippen LogP contribution in [0.15, 0.2) is 16.6 Å². The van der Waals surface area contributed by atoms with E-state index < -0.39 is 18.3 Å². The van der Waals surface area contributed by atoms with Gasteiger partial charge in [-0.2, -0.15) is 0 Å². The van der Waals surface area contributed by atoms with Gasteiger partial charge in [0.25, 0.3) is 0 Å². The van der Waals surface area contributed by atoms with Crippen molar-refractivity contribution >= 4 is 15.9 Å². The number of rotatable bonds is 1. The van der Waals surface area contributed by atoms with Crippen LogP contribution in [0, 0.1) is 11.6 Å². The summed E-state index contributed by atoms with van der Waals surface area (Å²) in [6.45, 7) is -1.01. The lowest BCUT2D eigenvalue weighted by molar-refractivity contribution is 0.439. The molecule has 0 aliphatic heterocycles. The van der Waals surface area contributed by atoms with Gasteiger partial charge in [0.05, 0.1) is 0 Å². The van der Waals surface area contributed by atoms with Crippen molar-refractivity contribution in [2.24, 2.45) is 0 Å². The van der Waals surface area contributed by atoms with E-state index in [2.05, 4.69) is 15.9 Å².